The van der Waals surface area contributed by atoms with E-state index < -0.39 is 21.9 Å². The summed E-state index contributed by atoms with van der Waals surface area (Å²) in [5.41, 5.74) is 1.18. The highest BCUT2D eigenvalue weighted by Crippen LogP contribution is 2.23. The van der Waals surface area contributed by atoms with Gasteiger partial charge in [0.25, 0.3) is 15.9 Å². The van der Waals surface area contributed by atoms with Crippen LogP contribution in [-0.4, -0.2) is 31.2 Å². The standard InChI is InChI=1S/C23H20N2O6S/c1-14-7-8-17(22(27)24-20-6-4-3-5-19(20)23(28)29)13-21(14)32(30,31)25-18-11-9-16(10-12-18)15(2)26/h3-13,25H,1-2H3,(H,24,27)(H,28,29). The molecule has 0 fully saturated rings. The van der Waals surface area contributed by atoms with Gasteiger partial charge >= 0.3 is 5.97 Å². The van der Waals surface area contributed by atoms with Gasteiger partial charge in [0.05, 0.1) is 16.1 Å². The first-order valence-electron chi connectivity index (χ1n) is 9.46. The summed E-state index contributed by atoms with van der Waals surface area (Å²) < 4.78 is 28.3. The summed E-state index contributed by atoms with van der Waals surface area (Å²) in [4.78, 5) is 35.3. The zero-order valence-corrected chi connectivity index (χ0v) is 18.1. The molecule has 32 heavy (non-hydrogen) atoms. The third-order valence-electron chi connectivity index (χ3n) is 4.69. The molecule has 0 atom stereocenters. The molecular formula is C23H20N2O6S. The molecule has 9 heteroatoms. The van der Waals surface area contributed by atoms with Crippen LogP contribution in [0, 0.1) is 6.92 Å². The maximum atomic E-state index is 12.9. The summed E-state index contributed by atoms with van der Waals surface area (Å²) >= 11 is 0. The predicted molar refractivity (Wildman–Crippen MR) is 120 cm³/mol. The third kappa shape index (κ3) is 5.01. The summed E-state index contributed by atoms with van der Waals surface area (Å²) in [5, 5.41) is 11.8. The van der Waals surface area contributed by atoms with Gasteiger partial charge in [-0.15, -0.1) is 0 Å². The fraction of sp³-hybridized carbons (Fsp3) is 0.0870. The molecule has 0 unspecified atom stereocenters. The molecule has 0 aliphatic rings. The Morgan fingerprint density at radius 3 is 2.12 bits per heavy atom. The van der Waals surface area contributed by atoms with E-state index in [-0.39, 0.29) is 33.2 Å². The summed E-state index contributed by atoms with van der Waals surface area (Å²) in [7, 11) is -4.04. The fourth-order valence-electron chi connectivity index (χ4n) is 2.99. The van der Waals surface area contributed by atoms with Crippen molar-refractivity contribution in [3.63, 3.8) is 0 Å². The number of sulfonamides is 1. The number of carboxylic acids is 1. The normalized spacial score (nSPS) is 10.9. The fourth-order valence-corrected chi connectivity index (χ4v) is 4.32. The number of carbonyl (C=O) groups excluding carboxylic acids is 2. The topological polar surface area (TPSA) is 130 Å². The number of ketones is 1. The molecule has 0 spiro atoms. The van der Waals surface area contributed by atoms with Crippen molar-refractivity contribution < 1.29 is 27.9 Å². The summed E-state index contributed by atoms with van der Waals surface area (Å²) in [5.74, 6) is -1.99. The van der Waals surface area contributed by atoms with Crippen molar-refractivity contribution in [1.82, 2.24) is 0 Å². The zero-order valence-electron chi connectivity index (χ0n) is 17.2. The number of nitrogens with one attached hydrogen (secondary N) is 2. The van der Waals surface area contributed by atoms with Gasteiger partial charge in [-0.25, -0.2) is 13.2 Å². The van der Waals surface area contributed by atoms with Gasteiger partial charge in [0.15, 0.2) is 5.78 Å². The molecule has 0 aromatic heterocycles. The Kier molecular flexibility index (Phi) is 6.40. The molecule has 0 saturated carbocycles. The SMILES string of the molecule is CC(=O)c1ccc(NS(=O)(=O)c2cc(C(=O)Nc3ccccc3C(=O)O)ccc2C)cc1. The maximum Gasteiger partial charge on any atom is 0.337 e. The summed E-state index contributed by atoms with van der Waals surface area (Å²) in [6.45, 7) is 3.00. The number of anilines is 2. The lowest BCUT2D eigenvalue weighted by Crippen LogP contribution is -2.18. The Labute approximate surface area is 185 Å². The van der Waals surface area contributed by atoms with Gasteiger partial charge in [0, 0.05) is 16.8 Å². The van der Waals surface area contributed by atoms with Gasteiger partial charge in [0.1, 0.15) is 0 Å². The minimum atomic E-state index is -4.04. The minimum absolute atomic E-state index is 0.0445. The van der Waals surface area contributed by atoms with Gasteiger partial charge in [-0.3, -0.25) is 14.3 Å². The van der Waals surface area contributed by atoms with E-state index in [1.807, 2.05) is 0 Å². The van der Waals surface area contributed by atoms with Crippen molar-refractivity contribution >= 4 is 39.1 Å². The Balaban J connectivity index is 1.88. The van der Waals surface area contributed by atoms with E-state index in [4.69, 9.17) is 0 Å². The molecule has 3 N–H and O–H groups in total. The first-order valence-corrected chi connectivity index (χ1v) is 10.9. The van der Waals surface area contributed by atoms with Crippen molar-refractivity contribution in [3.05, 3.63) is 89.0 Å². The molecule has 3 rings (SSSR count). The Morgan fingerprint density at radius 2 is 1.50 bits per heavy atom. The van der Waals surface area contributed by atoms with Gasteiger partial charge in [-0.05, 0) is 67.9 Å². The highest BCUT2D eigenvalue weighted by molar-refractivity contribution is 7.92. The first kappa shape index (κ1) is 22.7. The van der Waals surface area contributed by atoms with E-state index in [0.29, 0.717) is 11.1 Å². The predicted octanol–water partition coefficient (Wildman–Crippen LogP) is 3.95. The number of Topliss-reactive ketones (excluding diaryl/α,β-unsaturated/α-hetero) is 1. The Hall–Kier alpha value is -3.98. The molecule has 0 saturated heterocycles. The van der Waals surface area contributed by atoms with E-state index in [9.17, 15) is 27.9 Å². The second-order valence-electron chi connectivity index (χ2n) is 7.02. The van der Waals surface area contributed by atoms with Gasteiger partial charge in [-0.2, -0.15) is 0 Å². The summed E-state index contributed by atoms with van der Waals surface area (Å²) in [6.07, 6.45) is 0. The molecule has 164 valence electrons. The van der Waals surface area contributed by atoms with E-state index in [1.165, 1.54) is 67.6 Å². The number of aromatic carboxylic acids is 1. The van der Waals surface area contributed by atoms with Gasteiger partial charge in [-0.1, -0.05) is 18.2 Å². The highest BCUT2D eigenvalue weighted by atomic mass is 32.2. The first-order chi connectivity index (χ1) is 15.1. The largest absolute Gasteiger partial charge is 0.478 e. The monoisotopic (exact) mass is 452 g/mol. The van der Waals surface area contributed by atoms with Crippen molar-refractivity contribution in [2.75, 3.05) is 10.0 Å². The number of hydrogen-bond donors (Lipinski definition) is 3. The average molecular weight is 452 g/mol. The number of para-hydroxylation sites is 1. The van der Waals surface area contributed by atoms with Crippen LogP contribution in [0.1, 0.15) is 43.6 Å². The van der Waals surface area contributed by atoms with Crippen LogP contribution in [0.3, 0.4) is 0 Å². The zero-order chi connectivity index (χ0) is 23.5. The Morgan fingerprint density at radius 1 is 0.875 bits per heavy atom. The van der Waals surface area contributed by atoms with E-state index in [0.717, 1.165) is 0 Å². The number of amides is 1. The summed E-state index contributed by atoms with van der Waals surface area (Å²) in [6, 6.07) is 16.0. The molecule has 1 amide bonds. The number of benzene rings is 3. The lowest BCUT2D eigenvalue weighted by molar-refractivity contribution is 0.0697. The Bertz CT molecular complexity index is 1310. The van der Waals surface area contributed by atoms with Crippen LogP contribution >= 0.6 is 0 Å². The average Bonchev–Trinajstić information content (AvgIpc) is 2.74. The van der Waals surface area contributed by atoms with Gasteiger partial charge < -0.3 is 10.4 Å². The molecule has 0 radical (unpaired) electrons. The minimum Gasteiger partial charge on any atom is -0.478 e. The van der Waals surface area contributed by atoms with E-state index in [1.54, 1.807) is 13.0 Å². The van der Waals surface area contributed by atoms with Crippen LogP contribution < -0.4 is 10.0 Å². The van der Waals surface area contributed by atoms with E-state index in [2.05, 4.69) is 10.0 Å². The second-order valence-corrected chi connectivity index (χ2v) is 8.67. The third-order valence-corrected chi connectivity index (χ3v) is 6.21. The van der Waals surface area contributed by atoms with Crippen molar-refractivity contribution in [3.8, 4) is 0 Å². The highest BCUT2D eigenvalue weighted by Gasteiger charge is 2.20. The number of carbonyl (C=O) groups is 3. The molecule has 0 aliphatic heterocycles. The molecule has 8 nitrogen and oxygen atoms in total. The maximum absolute atomic E-state index is 12.9. The molecule has 0 bridgehead atoms. The molecule has 0 heterocycles. The van der Waals surface area contributed by atoms with Crippen LogP contribution in [0.2, 0.25) is 0 Å². The van der Waals surface area contributed by atoms with Crippen LogP contribution in [0.15, 0.2) is 71.6 Å². The van der Waals surface area contributed by atoms with Crippen LogP contribution in [0.4, 0.5) is 11.4 Å². The molecular weight excluding hydrogens is 432 g/mol. The number of rotatable bonds is 7. The smallest absolute Gasteiger partial charge is 0.337 e. The molecule has 0 aliphatic carbocycles. The number of aryl methyl sites for hydroxylation is 1. The second kappa shape index (κ2) is 9.03. The van der Waals surface area contributed by atoms with Crippen molar-refractivity contribution in [2.45, 2.75) is 18.7 Å². The molecule has 3 aromatic rings. The van der Waals surface area contributed by atoms with Crippen LogP contribution in [0.5, 0.6) is 0 Å². The number of carboxylic acid groups (broad SMARTS) is 1. The van der Waals surface area contributed by atoms with Crippen LogP contribution in [-0.2, 0) is 10.0 Å². The molecule has 3 aromatic carbocycles. The van der Waals surface area contributed by atoms with E-state index >= 15 is 0 Å². The van der Waals surface area contributed by atoms with Gasteiger partial charge in [0.2, 0.25) is 0 Å². The lowest BCUT2D eigenvalue weighted by Gasteiger charge is -2.13. The quantitative estimate of drug-likeness (QED) is 0.466. The number of hydrogen-bond acceptors (Lipinski definition) is 5. The van der Waals surface area contributed by atoms with Crippen molar-refractivity contribution in [2.24, 2.45) is 0 Å². The van der Waals surface area contributed by atoms with Crippen molar-refractivity contribution in [1.29, 1.82) is 0 Å². The lowest BCUT2D eigenvalue weighted by atomic mass is 10.1. The van der Waals surface area contributed by atoms with Crippen LogP contribution in [0.25, 0.3) is 0 Å².